The van der Waals surface area contributed by atoms with Crippen molar-refractivity contribution in [2.75, 3.05) is 5.32 Å². The molecule has 2 heterocycles. The average Bonchev–Trinajstić information content (AvgIpc) is 2.80. The lowest BCUT2D eigenvalue weighted by Gasteiger charge is -2.31. The number of fused-ring (bicyclic) bond motifs is 1. The Kier molecular flexibility index (Phi) is 3.40. The molecule has 0 aliphatic heterocycles. The predicted octanol–water partition coefficient (Wildman–Crippen LogP) is 3.42. The van der Waals surface area contributed by atoms with Gasteiger partial charge in [0.05, 0.1) is 0 Å². The van der Waals surface area contributed by atoms with Gasteiger partial charge in [-0.1, -0.05) is 32.3 Å². The van der Waals surface area contributed by atoms with E-state index in [9.17, 15) is 0 Å². The molecule has 0 saturated heterocycles. The van der Waals surface area contributed by atoms with Crippen molar-refractivity contribution in [1.82, 2.24) is 14.6 Å². The average molecular weight is 258 g/mol. The molecule has 0 amide bonds. The van der Waals surface area contributed by atoms with Crippen molar-refractivity contribution >= 4 is 11.6 Å². The normalized spacial score (nSPS) is 23.7. The number of aromatic nitrogens is 3. The van der Waals surface area contributed by atoms with E-state index in [1.165, 1.54) is 37.7 Å². The Morgan fingerprint density at radius 2 is 2.16 bits per heavy atom. The molecule has 1 saturated carbocycles. The van der Waals surface area contributed by atoms with E-state index in [-0.39, 0.29) is 0 Å². The smallest absolute Gasteiger partial charge is 0.243 e. The van der Waals surface area contributed by atoms with Crippen LogP contribution in [0.5, 0.6) is 0 Å². The topological polar surface area (TPSA) is 42.2 Å². The molecule has 0 bridgehead atoms. The summed E-state index contributed by atoms with van der Waals surface area (Å²) in [6, 6.07) is 4.63. The van der Waals surface area contributed by atoms with Gasteiger partial charge in [-0.15, -0.1) is 5.10 Å². The molecule has 1 aliphatic rings. The van der Waals surface area contributed by atoms with Crippen LogP contribution in [-0.4, -0.2) is 20.6 Å². The van der Waals surface area contributed by atoms with E-state index in [0.717, 1.165) is 17.5 Å². The van der Waals surface area contributed by atoms with Gasteiger partial charge < -0.3 is 5.32 Å². The van der Waals surface area contributed by atoms with Gasteiger partial charge in [-0.05, 0) is 37.3 Å². The van der Waals surface area contributed by atoms with E-state index in [4.69, 9.17) is 0 Å². The molecule has 2 aromatic rings. The fourth-order valence-corrected chi connectivity index (χ4v) is 3.10. The highest BCUT2D eigenvalue weighted by atomic mass is 15.3. The summed E-state index contributed by atoms with van der Waals surface area (Å²) < 4.78 is 1.86. The fourth-order valence-electron chi connectivity index (χ4n) is 3.10. The van der Waals surface area contributed by atoms with E-state index in [2.05, 4.69) is 35.3 Å². The van der Waals surface area contributed by atoms with Gasteiger partial charge >= 0.3 is 0 Å². The molecular weight excluding hydrogens is 236 g/mol. The zero-order valence-corrected chi connectivity index (χ0v) is 11.8. The molecule has 2 aromatic heterocycles. The summed E-state index contributed by atoms with van der Waals surface area (Å²) in [6.45, 7) is 4.35. The van der Waals surface area contributed by atoms with E-state index < -0.39 is 0 Å². The Labute approximate surface area is 114 Å². The number of rotatable bonds is 3. The first-order chi connectivity index (χ1) is 9.26. The van der Waals surface area contributed by atoms with Gasteiger partial charge in [0, 0.05) is 12.2 Å². The highest BCUT2D eigenvalue weighted by Crippen LogP contribution is 2.28. The second-order valence-electron chi connectivity index (χ2n) is 5.65. The Bertz CT molecular complexity index is 560. The summed E-state index contributed by atoms with van der Waals surface area (Å²) >= 11 is 0. The zero-order chi connectivity index (χ0) is 13.2. The number of pyridine rings is 1. The Balaban J connectivity index is 1.80. The van der Waals surface area contributed by atoms with Crippen molar-refractivity contribution in [2.24, 2.45) is 5.92 Å². The predicted molar refractivity (Wildman–Crippen MR) is 77.4 cm³/mol. The highest BCUT2D eigenvalue weighted by molar-refractivity contribution is 5.44. The van der Waals surface area contributed by atoms with Gasteiger partial charge in [-0.3, -0.25) is 0 Å². The van der Waals surface area contributed by atoms with Gasteiger partial charge in [0.1, 0.15) is 0 Å². The number of hydrogen-bond acceptors (Lipinski definition) is 3. The molecule has 0 spiro atoms. The molecule has 1 aliphatic carbocycles. The van der Waals surface area contributed by atoms with E-state index in [1.807, 2.05) is 16.8 Å². The van der Waals surface area contributed by atoms with Crippen LogP contribution in [0.3, 0.4) is 0 Å². The van der Waals surface area contributed by atoms with Crippen molar-refractivity contribution in [3.8, 4) is 0 Å². The Morgan fingerprint density at radius 3 is 3.00 bits per heavy atom. The quantitative estimate of drug-likeness (QED) is 0.917. The summed E-state index contributed by atoms with van der Waals surface area (Å²) in [5.41, 5.74) is 2.12. The summed E-state index contributed by atoms with van der Waals surface area (Å²) in [5.74, 6) is 1.54. The van der Waals surface area contributed by atoms with Gasteiger partial charge in [-0.2, -0.15) is 4.98 Å². The Morgan fingerprint density at radius 1 is 1.32 bits per heavy atom. The molecule has 1 N–H and O–H groups in total. The van der Waals surface area contributed by atoms with Crippen LogP contribution in [0.15, 0.2) is 18.3 Å². The minimum atomic E-state index is 0.539. The van der Waals surface area contributed by atoms with Gasteiger partial charge in [0.25, 0.3) is 0 Å². The summed E-state index contributed by atoms with van der Waals surface area (Å²) in [6.07, 6.45) is 8.53. The third-order valence-electron chi connectivity index (χ3n) is 4.23. The monoisotopic (exact) mass is 258 g/mol. The molecule has 102 valence electrons. The Hall–Kier alpha value is -1.58. The number of aryl methyl sites for hydroxylation is 1. The lowest BCUT2D eigenvalue weighted by molar-refractivity contribution is 0.316. The molecular formula is C15H22N4. The summed E-state index contributed by atoms with van der Waals surface area (Å²) in [4.78, 5) is 4.56. The van der Waals surface area contributed by atoms with Crippen LogP contribution in [0.2, 0.25) is 0 Å². The first-order valence-corrected chi connectivity index (χ1v) is 7.36. The van der Waals surface area contributed by atoms with Crippen molar-refractivity contribution in [3.63, 3.8) is 0 Å². The molecule has 19 heavy (non-hydrogen) atoms. The van der Waals surface area contributed by atoms with Crippen LogP contribution in [0.25, 0.3) is 5.65 Å². The third kappa shape index (κ3) is 2.57. The van der Waals surface area contributed by atoms with Crippen LogP contribution < -0.4 is 5.32 Å². The van der Waals surface area contributed by atoms with Crippen molar-refractivity contribution < 1.29 is 0 Å². The van der Waals surface area contributed by atoms with Crippen molar-refractivity contribution in [3.05, 3.63) is 23.9 Å². The third-order valence-corrected chi connectivity index (χ3v) is 4.23. The van der Waals surface area contributed by atoms with E-state index in [0.29, 0.717) is 6.04 Å². The first-order valence-electron chi connectivity index (χ1n) is 7.36. The van der Waals surface area contributed by atoms with Crippen LogP contribution in [0, 0.1) is 12.8 Å². The van der Waals surface area contributed by atoms with Crippen LogP contribution in [-0.2, 0) is 0 Å². The zero-order valence-electron chi connectivity index (χ0n) is 11.8. The van der Waals surface area contributed by atoms with E-state index >= 15 is 0 Å². The van der Waals surface area contributed by atoms with Gasteiger partial charge in [-0.25, -0.2) is 4.52 Å². The minimum Gasteiger partial charge on any atom is -0.350 e. The molecule has 3 rings (SSSR count). The first kappa shape index (κ1) is 12.5. The van der Waals surface area contributed by atoms with Gasteiger partial charge in [0.2, 0.25) is 5.95 Å². The number of hydrogen-bond donors (Lipinski definition) is 1. The lowest BCUT2D eigenvalue weighted by atomic mass is 9.83. The summed E-state index contributed by atoms with van der Waals surface area (Å²) in [5, 5.41) is 8.08. The molecule has 1 fully saturated rings. The van der Waals surface area contributed by atoms with Crippen LogP contribution >= 0.6 is 0 Å². The summed E-state index contributed by atoms with van der Waals surface area (Å²) in [7, 11) is 0. The fraction of sp³-hybridized carbons (Fsp3) is 0.600. The maximum Gasteiger partial charge on any atom is 0.243 e. The minimum absolute atomic E-state index is 0.539. The maximum atomic E-state index is 4.56. The van der Waals surface area contributed by atoms with E-state index in [1.54, 1.807) is 0 Å². The molecule has 2 atom stereocenters. The molecule has 0 aromatic carbocycles. The second kappa shape index (κ2) is 5.19. The van der Waals surface area contributed by atoms with Crippen LogP contribution in [0.1, 0.15) is 44.6 Å². The standard InChI is InChI=1S/C15H22N4/c1-3-12-6-4-5-7-13(12)16-15-17-14-9-8-11(2)10-19(14)18-15/h8-10,12-13H,3-7H2,1-2H3,(H,16,18). The van der Waals surface area contributed by atoms with Crippen molar-refractivity contribution in [1.29, 1.82) is 0 Å². The molecule has 4 heteroatoms. The number of nitrogens with one attached hydrogen (secondary N) is 1. The maximum absolute atomic E-state index is 4.56. The highest BCUT2D eigenvalue weighted by Gasteiger charge is 2.24. The second-order valence-corrected chi connectivity index (χ2v) is 5.65. The number of nitrogens with zero attached hydrogens (tertiary/aromatic N) is 3. The molecule has 4 nitrogen and oxygen atoms in total. The molecule has 0 radical (unpaired) electrons. The van der Waals surface area contributed by atoms with Gasteiger partial charge in [0.15, 0.2) is 5.65 Å². The SMILES string of the molecule is CCC1CCCCC1Nc1nc2ccc(C)cn2n1. The molecule has 2 unspecified atom stereocenters. The van der Waals surface area contributed by atoms with Crippen LogP contribution in [0.4, 0.5) is 5.95 Å². The van der Waals surface area contributed by atoms with Crippen molar-refractivity contribution in [2.45, 2.75) is 52.0 Å². The largest absolute Gasteiger partial charge is 0.350 e. The lowest BCUT2D eigenvalue weighted by Crippen LogP contribution is -2.32. The number of anilines is 1.